The third kappa shape index (κ3) is 2.86. The molecule has 0 bridgehead atoms. The standard InChI is InChI=1S/C17H16BrClN2O2/c18-13-5-10-7-15(20-9-11(10)6-14(13)19)21-16(22)12-8-17(12)1-3-23-4-2-17/h5-7,9,12H,1-4,8H2,(H,20,21,22)/t12-/m0/s1. The molecule has 1 amide bonds. The summed E-state index contributed by atoms with van der Waals surface area (Å²) in [6.07, 6.45) is 4.68. The highest BCUT2D eigenvalue weighted by molar-refractivity contribution is 9.10. The van der Waals surface area contributed by atoms with E-state index >= 15 is 0 Å². The third-order valence-corrected chi connectivity index (χ3v) is 6.20. The fourth-order valence-corrected chi connectivity index (χ4v) is 4.00. The topological polar surface area (TPSA) is 51.2 Å². The quantitative estimate of drug-likeness (QED) is 0.819. The largest absolute Gasteiger partial charge is 0.381 e. The number of anilines is 1. The van der Waals surface area contributed by atoms with Gasteiger partial charge < -0.3 is 10.1 Å². The lowest BCUT2D eigenvalue weighted by molar-refractivity contribution is -0.118. The maximum Gasteiger partial charge on any atom is 0.229 e. The number of hydrogen-bond acceptors (Lipinski definition) is 3. The van der Waals surface area contributed by atoms with E-state index in [4.69, 9.17) is 16.3 Å². The van der Waals surface area contributed by atoms with Gasteiger partial charge in [0.05, 0.1) is 5.02 Å². The molecule has 2 heterocycles. The van der Waals surface area contributed by atoms with Crippen molar-refractivity contribution in [1.29, 1.82) is 0 Å². The molecular weight excluding hydrogens is 380 g/mol. The number of carbonyl (C=O) groups is 1. The molecule has 1 aromatic heterocycles. The van der Waals surface area contributed by atoms with Crippen LogP contribution in [0.15, 0.2) is 28.9 Å². The second-order valence-electron chi connectivity index (χ2n) is 6.40. The minimum absolute atomic E-state index is 0.0757. The van der Waals surface area contributed by atoms with Crippen LogP contribution < -0.4 is 5.32 Å². The van der Waals surface area contributed by atoms with Crippen LogP contribution in [0.4, 0.5) is 5.82 Å². The van der Waals surface area contributed by atoms with E-state index in [9.17, 15) is 4.79 Å². The number of nitrogens with zero attached hydrogens (tertiary/aromatic N) is 1. The highest BCUT2D eigenvalue weighted by Gasteiger charge is 2.58. The number of halogens is 2. The summed E-state index contributed by atoms with van der Waals surface area (Å²) in [7, 11) is 0. The number of pyridine rings is 1. The molecule has 2 fully saturated rings. The fraction of sp³-hybridized carbons (Fsp3) is 0.412. The van der Waals surface area contributed by atoms with Crippen LogP contribution in [0.3, 0.4) is 0 Å². The first-order valence-electron chi connectivity index (χ1n) is 7.71. The van der Waals surface area contributed by atoms with Crippen molar-refractivity contribution in [2.24, 2.45) is 11.3 Å². The Kier molecular flexibility index (Phi) is 3.82. The Morgan fingerprint density at radius 2 is 2.09 bits per heavy atom. The molecule has 0 radical (unpaired) electrons. The summed E-state index contributed by atoms with van der Waals surface area (Å²) < 4.78 is 6.23. The summed E-state index contributed by atoms with van der Waals surface area (Å²) >= 11 is 9.51. The van der Waals surface area contributed by atoms with Crippen molar-refractivity contribution in [3.8, 4) is 0 Å². The number of benzene rings is 1. The number of rotatable bonds is 2. The van der Waals surface area contributed by atoms with Crippen LogP contribution in [-0.4, -0.2) is 24.1 Å². The average molecular weight is 396 g/mol. The molecule has 1 saturated heterocycles. The van der Waals surface area contributed by atoms with Gasteiger partial charge in [-0.2, -0.15) is 0 Å². The van der Waals surface area contributed by atoms with Crippen LogP contribution in [0.25, 0.3) is 10.8 Å². The maximum atomic E-state index is 12.5. The van der Waals surface area contributed by atoms with Crippen molar-refractivity contribution in [3.63, 3.8) is 0 Å². The molecule has 4 nitrogen and oxygen atoms in total. The maximum absolute atomic E-state index is 12.5. The van der Waals surface area contributed by atoms with E-state index in [2.05, 4.69) is 26.2 Å². The third-order valence-electron chi connectivity index (χ3n) is 5.01. The van der Waals surface area contributed by atoms with Gasteiger partial charge in [-0.25, -0.2) is 4.98 Å². The molecule has 0 unspecified atom stereocenters. The van der Waals surface area contributed by atoms with Crippen LogP contribution in [0.5, 0.6) is 0 Å². The number of fused-ring (bicyclic) bond motifs is 1. The highest BCUT2D eigenvalue weighted by atomic mass is 79.9. The van der Waals surface area contributed by atoms with E-state index in [0.29, 0.717) is 10.8 Å². The first-order chi connectivity index (χ1) is 11.1. The van der Waals surface area contributed by atoms with E-state index in [0.717, 1.165) is 47.7 Å². The van der Waals surface area contributed by atoms with Gasteiger partial charge in [0.2, 0.25) is 5.91 Å². The number of aromatic nitrogens is 1. The molecule has 1 saturated carbocycles. The molecule has 23 heavy (non-hydrogen) atoms. The molecule has 1 N–H and O–H groups in total. The Hall–Kier alpha value is -1.17. The van der Waals surface area contributed by atoms with E-state index in [-0.39, 0.29) is 17.2 Å². The lowest BCUT2D eigenvalue weighted by Crippen LogP contribution is -2.24. The van der Waals surface area contributed by atoms with E-state index < -0.39 is 0 Å². The molecule has 2 aliphatic rings. The first-order valence-corrected chi connectivity index (χ1v) is 8.88. The summed E-state index contributed by atoms with van der Waals surface area (Å²) in [6, 6.07) is 5.68. The van der Waals surface area contributed by atoms with Crippen molar-refractivity contribution in [2.75, 3.05) is 18.5 Å². The van der Waals surface area contributed by atoms with Gasteiger partial charge in [-0.05, 0) is 64.2 Å². The highest BCUT2D eigenvalue weighted by Crippen LogP contribution is 2.59. The average Bonchev–Trinajstić information content (AvgIpc) is 3.23. The zero-order valence-electron chi connectivity index (χ0n) is 12.4. The number of hydrogen-bond donors (Lipinski definition) is 1. The van der Waals surface area contributed by atoms with E-state index in [1.165, 1.54) is 0 Å². The lowest BCUT2D eigenvalue weighted by Gasteiger charge is -2.22. The Balaban J connectivity index is 1.51. The normalized spacial score (nSPS) is 22.3. The zero-order valence-corrected chi connectivity index (χ0v) is 14.8. The number of amides is 1. The second kappa shape index (κ2) is 5.72. The Labute approximate surface area is 147 Å². The van der Waals surface area contributed by atoms with Crippen LogP contribution in [-0.2, 0) is 9.53 Å². The fourth-order valence-electron chi connectivity index (χ4n) is 3.47. The van der Waals surface area contributed by atoms with Crippen molar-refractivity contribution >= 4 is 50.0 Å². The van der Waals surface area contributed by atoms with Gasteiger partial charge in [-0.3, -0.25) is 4.79 Å². The molecule has 1 aromatic carbocycles. The SMILES string of the molecule is O=C(Nc1cc2cc(Br)c(Cl)cc2cn1)[C@@H]1CC12CCOCC2. The number of carbonyl (C=O) groups excluding carboxylic acids is 1. The molecule has 1 aliphatic carbocycles. The molecule has 1 aliphatic heterocycles. The van der Waals surface area contributed by atoms with Crippen LogP contribution in [0.2, 0.25) is 5.02 Å². The molecular formula is C17H16BrClN2O2. The van der Waals surface area contributed by atoms with E-state index in [1.54, 1.807) is 6.20 Å². The Morgan fingerprint density at radius 1 is 1.30 bits per heavy atom. The summed E-state index contributed by atoms with van der Waals surface area (Å²) in [5.74, 6) is 0.762. The van der Waals surface area contributed by atoms with Gasteiger partial charge in [0.1, 0.15) is 5.82 Å². The smallest absolute Gasteiger partial charge is 0.229 e. The number of ether oxygens (including phenoxy) is 1. The van der Waals surface area contributed by atoms with Crippen LogP contribution in [0.1, 0.15) is 19.3 Å². The van der Waals surface area contributed by atoms with Crippen molar-refractivity contribution in [2.45, 2.75) is 19.3 Å². The monoisotopic (exact) mass is 394 g/mol. The number of nitrogens with one attached hydrogen (secondary N) is 1. The molecule has 1 atom stereocenters. The predicted octanol–water partition coefficient (Wildman–Crippen LogP) is 4.41. The summed E-state index contributed by atoms with van der Waals surface area (Å²) in [6.45, 7) is 1.54. The lowest BCUT2D eigenvalue weighted by atomic mass is 9.93. The van der Waals surface area contributed by atoms with Crippen molar-refractivity contribution < 1.29 is 9.53 Å². The van der Waals surface area contributed by atoms with Gasteiger partial charge in [0, 0.05) is 35.2 Å². The summed E-state index contributed by atoms with van der Waals surface area (Å²) in [4.78, 5) is 16.8. The Morgan fingerprint density at radius 3 is 2.87 bits per heavy atom. The van der Waals surface area contributed by atoms with E-state index in [1.807, 2.05) is 18.2 Å². The Bertz CT molecular complexity index is 790. The van der Waals surface area contributed by atoms with Crippen LogP contribution in [0, 0.1) is 11.3 Å². The van der Waals surface area contributed by atoms with Gasteiger partial charge in [0.15, 0.2) is 0 Å². The summed E-state index contributed by atoms with van der Waals surface area (Å²) in [5.41, 5.74) is 0.176. The van der Waals surface area contributed by atoms with Gasteiger partial charge in [-0.1, -0.05) is 11.6 Å². The minimum atomic E-state index is 0.0757. The van der Waals surface area contributed by atoms with Crippen molar-refractivity contribution in [3.05, 3.63) is 33.9 Å². The van der Waals surface area contributed by atoms with Gasteiger partial charge >= 0.3 is 0 Å². The molecule has 4 rings (SSSR count). The zero-order chi connectivity index (χ0) is 16.0. The predicted molar refractivity (Wildman–Crippen MR) is 93.7 cm³/mol. The molecule has 6 heteroatoms. The summed E-state index contributed by atoms with van der Waals surface area (Å²) in [5, 5.41) is 5.55. The minimum Gasteiger partial charge on any atom is -0.381 e. The molecule has 2 aromatic rings. The molecule has 1 spiro atoms. The second-order valence-corrected chi connectivity index (χ2v) is 7.67. The van der Waals surface area contributed by atoms with Gasteiger partial charge in [-0.15, -0.1) is 0 Å². The molecule has 120 valence electrons. The van der Waals surface area contributed by atoms with Crippen molar-refractivity contribution in [1.82, 2.24) is 4.98 Å². The first kappa shape index (κ1) is 15.4. The van der Waals surface area contributed by atoms with Gasteiger partial charge in [0.25, 0.3) is 0 Å². The van der Waals surface area contributed by atoms with Crippen LogP contribution >= 0.6 is 27.5 Å².